The van der Waals surface area contributed by atoms with E-state index in [0.717, 1.165) is 55.1 Å². The highest BCUT2D eigenvalue weighted by molar-refractivity contribution is 5.85. The lowest BCUT2D eigenvalue weighted by Gasteiger charge is -2.35. The zero-order chi connectivity index (χ0) is 23.8. The molecular formula is C28H44N2O3. The molecule has 5 heteroatoms. The highest BCUT2D eigenvalue weighted by Crippen LogP contribution is 2.46. The number of hydrogen-bond donors (Lipinski definition) is 0. The predicted octanol–water partition coefficient (Wildman–Crippen LogP) is 6.48. The van der Waals surface area contributed by atoms with Gasteiger partial charge < -0.3 is 19.2 Å². The molecule has 1 heterocycles. The van der Waals surface area contributed by atoms with Gasteiger partial charge in [0, 0.05) is 25.3 Å². The molecule has 4 atom stereocenters. The fourth-order valence-electron chi connectivity index (χ4n) is 5.94. The highest BCUT2D eigenvalue weighted by Gasteiger charge is 2.43. The van der Waals surface area contributed by atoms with Crippen molar-refractivity contribution in [2.75, 3.05) is 27.8 Å². The van der Waals surface area contributed by atoms with E-state index in [1.54, 1.807) is 19.8 Å². The standard InChI is InChI=1S/C18H28N2O.C8H10O2.C2H6/c1-13-9-14-5-7-18(11-13,12-14)21-19-16-4-3-15-6-8-20(2)17(15)10-16;1-9-7-5-3-4-6-8(7)10-2;1-2/h5,13,15,17H,3-4,6-12H2,1-2H3;3-6H,1-2H3;1-2H3/b19-16-;;. The van der Waals surface area contributed by atoms with Gasteiger partial charge in [-0.2, -0.15) is 0 Å². The molecule has 5 nitrogen and oxygen atoms in total. The zero-order valence-corrected chi connectivity index (χ0v) is 21.6. The number of nitrogens with zero attached hydrogens (tertiary/aromatic N) is 2. The number of ether oxygens (including phenoxy) is 2. The molecule has 0 radical (unpaired) electrons. The smallest absolute Gasteiger partial charge is 0.160 e. The maximum atomic E-state index is 6.17. The van der Waals surface area contributed by atoms with Crippen LogP contribution < -0.4 is 9.47 Å². The first-order valence-corrected chi connectivity index (χ1v) is 12.8. The molecule has 1 aromatic carbocycles. The van der Waals surface area contributed by atoms with Crippen LogP contribution in [0.2, 0.25) is 0 Å². The average Bonchev–Trinajstić information content (AvgIpc) is 3.38. The molecule has 2 bridgehead atoms. The predicted molar refractivity (Wildman–Crippen MR) is 136 cm³/mol. The molecule has 1 aliphatic heterocycles. The number of hydrogen-bond acceptors (Lipinski definition) is 5. The summed E-state index contributed by atoms with van der Waals surface area (Å²) in [5.74, 6) is 3.20. The van der Waals surface area contributed by atoms with Crippen LogP contribution in [0.4, 0.5) is 0 Å². The number of oxime groups is 1. The molecule has 0 spiro atoms. The van der Waals surface area contributed by atoms with E-state index in [0.29, 0.717) is 0 Å². The normalized spacial score (nSPS) is 31.4. The van der Waals surface area contributed by atoms with Crippen LogP contribution in [0.25, 0.3) is 0 Å². The Balaban J connectivity index is 0.000000216. The van der Waals surface area contributed by atoms with Gasteiger partial charge in [-0.25, -0.2) is 0 Å². The maximum absolute atomic E-state index is 6.17. The van der Waals surface area contributed by atoms with E-state index < -0.39 is 0 Å². The summed E-state index contributed by atoms with van der Waals surface area (Å²) in [6.45, 7) is 7.61. The summed E-state index contributed by atoms with van der Waals surface area (Å²) in [5, 5.41) is 4.66. The van der Waals surface area contributed by atoms with Gasteiger partial charge in [0.25, 0.3) is 0 Å². The van der Waals surface area contributed by atoms with Gasteiger partial charge in [0.1, 0.15) is 5.60 Å². The molecule has 184 valence electrons. The second-order valence-electron chi connectivity index (χ2n) is 9.88. The number of rotatable bonds is 4. The summed E-state index contributed by atoms with van der Waals surface area (Å²) in [5.41, 5.74) is 2.93. The van der Waals surface area contributed by atoms with Gasteiger partial charge >= 0.3 is 0 Å². The van der Waals surface area contributed by atoms with Crippen LogP contribution in [0.15, 0.2) is 41.1 Å². The number of benzene rings is 1. The van der Waals surface area contributed by atoms with E-state index in [1.165, 1.54) is 37.9 Å². The third-order valence-corrected chi connectivity index (χ3v) is 7.51. The molecule has 0 N–H and O–H groups in total. The monoisotopic (exact) mass is 456 g/mol. The van der Waals surface area contributed by atoms with Gasteiger partial charge in [-0.1, -0.05) is 49.7 Å². The molecule has 1 saturated heterocycles. The molecular weight excluding hydrogens is 412 g/mol. The number of likely N-dealkylation sites (tertiary alicyclic amines) is 1. The third-order valence-electron chi connectivity index (χ3n) is 7.51. The van der Waals surface area contributed by atoms with Crippen molar-refractivity contribution in [3.63, 3.8) is 0 Å². The van der Waals surface area contributed by atoms with Crippen molar-refractivity contribution in [3.8, 4) is 11.5 Å². The van der Waals surface area contributed by atoms with Crippen LogP contribution >= 0.6 is 0 Å². The molecule has 2 saturated carbocycles. The van der Waals surface area contributed by atoms with Crippen molar-refractivity contribution in [2.45, 2.75) is 83.8 Å². The first kappa shape index (κ1) is 25.6. The Labute approximate surface area is 201 Å². The Morgan fingerprint density at radius 3 is 2.39 bits per heavy atom. The molecule has 0 aromatic heterocycles. The van der Waals surface area contributed by atoms with Crippen LogP contribution in [-0.2, 0) is 4.84 Å². The molecule has 5 rings (SSSR count). The first-order valence-electron chi connectivity index (χ1n) is 12.8. The van der Waals surface area contributed by atoms with E-state index >= 15 is 0 Å². The third kappa shape index (κ3) is 6.32. The average molecular weight is 457 g/mol. The topological polar surface area (TPSA) is 43.3 Å². The van der Waals surface area contributed by atoms with E-state index in [2.05, 4.69) is 30.1 Å². The first-order chi connectivity index (χ1) is 16.0. The quantitative estimate of drug-likeness (QED) is 0.384. The Hall–Kier alpha value is -2.01. The summed E-state index contributed by atoms with van der Waals surface area (Å²) >= 11 is 0. The van der Waals surface area contributed by atoms with Gasteiger partial charge in [-0.05, 0) is 69.7 Å². The zero-order valence-electron chi connectivity index (χ0n) is 21.6. The summed E-state index contributed by atoms with van der Waals surface area (Å²) in [6.07, 6.45) is 12.0. The van der Waals surface area contributed by atoms with E-state index in [9.17, 15) is 0 Å². The van der Waals surface area contributed by atoms with Gasteiger partial charge in [0.2, 0.25) is 0 Å². The van der Waals surface area contributed by atoms with Crippen LogP contribution in [-0.4, -0.2) is 50.1 Å². The molecule has 33 heavy (non-hydrogen) atoms. The molecule has 3 aliphatic carbocycles. The van der Waals surface area contributed by atoms with Crippen molar-refractivity contribution in [1.82, 2.24) is 4.90 Å². The minimum atomic E-state index is 0.0123. The van der Waals surface area contributed by atoms with E-state index in [4.69, 9.17) is 14.3 Å². The van der Waals surface area contributed by atoms with Crippen LogP contribution in [0.1, 0.15) is 72.1 Å². The van der Waals surface area contributed by atoms with Gasteiger partial charge in [-0.3, -0.25) is 0 Å². The second-order valence-corrected chi connectivity index (χ2v) is 9.88. The van der Waals surface area contributed by atoms with Crippen molar-refractivity contribution in [3.05, 3.63) is 35.9 Å². The fraction of sp³-hybridized carbons (Fsp3) is 0.679. The van der Waals surface area contributed by atoms with Crippen molar-refractivity contribution >= 4 is 5.71 Å². The van der Waals surface area contributed by atoms with Crippen molar-refractivity contribution < 1.29 is 14.3 Å². The van der Waals surface area contributed by atoms with Gasteiger partial charge in [0.05, 0.1) is 19.9 Å². The van der Waals surface area contributed by atoms with Crippen LogP contribution in [0.3, 0.4) is 0 Å². The number of para-hydroxylation sites is 2. The Kier molecular flexibility index (Phi) is 9.25. The minimum absolute atomic E-state index is 0.0123. The number of methoxy groups -OCH3 is 2. The lowest BCUT2D eigenvalue weighted by Crippen LogP contribution is -2.37. The van der Waals surface area contributed by atoms with Crippen LogP contribution in [0.5, 0.6) is 11.5 Å². The lowest BCUT2D eigenvalue weighted by molar-refractivity contribution is -0.0583. The molecule has 0 amide bonds. The Morgan fingerprint density at radius 2 is 1.73 bits per heavy atom. The van der Waals surface area contributed by atoms with Crippen molar-refractivity contribution in [2.24, 2.45) is 17.0 Å². The SMILES string of the molecule is CC.CC1CC2=CCC(O/N=C3/CCC4CCN(C)C4C3)(C2)C1.COc1ccccc1OC. The van der Waals surface area contributed by atoms with Crippen LogP contribution in [0, 0.1) is 11.8 Å². The lowest BCUT2D eigenvalue weighted by atomic mass is 9.80. The Bertz CT molecular complexity index is 798. The highest BCUT2D eigenvalue weighted by atomic mass is 16.6. The van der Waals surface area contributed by atoms with E-state index in [1.807, 2.05) is 38.1 Å². The molecule has 4 aliphatic rings. The summed E-state index contributed by atoms with van der Waals surface area (Å²) in [6, 6.07) is 8.25. The number of fused-ring (bicyclic) bond motifs is 3. The summed E-state index contributed by atoms with van der Waals surface area (Å²) < 4.78 is 10.0. The van der Waals surface area contributed by atoms with Gasteiger partial charge in [-0.15, -0.1) is 0 Å². The molecule has 3 fully saturated rings. The van der Waals surface area contributed by atoms with Crippen molar-refractivity contribution in [1.29, 1.82) is 0 Å². The minimum Gasteiger partial charge on any atom is -0.493 e. The van der Waals surface area contributed by atoms with E-state index in [-0.39, 0.29) is 5.60 Å². The largest absolute Gasteiger partial charge is 0.493 e. The summed E-state index contributed by atoms with van der Waals surface area (Å²) in [4.78, 5) is 8.70. The summed E-state index contributed by atoms with van der Waals surface area (Å²) in [7, 11) is 5.51. The van der Waals surface area contributed by atoms with Gasteiger partial charge in [0.15, 0.2) is 11.5 Å². The molecule has 4 unspecified atom stereocenters. The Morgan fingerprint density at radius 1 is 1.03 bits per heavy atom. The fourth-order valence-corrected chi connectivity index (χ4v) is 5.94. The maximum Gasteiger partial charge on any atom is 0.160 e. The second kappa shape index (κ2) is 11.9. The molecule has 1 aromatic rings.